The maximum absolute atomic E-state index is 12.9. The van der Waals surface area contributed by atoms with E-state index in [0.29, 0.717) is 10.2 Å². The molecule has 162 valence electrons. The number of alkyl halides is 1. The van der Waals surface area contributed by atoms with E-state index in [1.165, 1.54) is 12.1 Å². The second kappa shape index (κ2) is 8.64. The molecule has 0 spiro atoms. The van der Waals surface area contributed by atoms with E-state index < -0.39 is 18.0 Å². The Morgan fingerprint density at radius 2 is 1.77 bits per heavy atom. The van der Waals surface area contributed by atoms with E-state index in [9.17, 15) is 18.8 Å². The van der Waals surface area contributed by atoms with E-state index in [0.717, 1.165) is 25.7 Å². The van der Waals surface area contributed by atoms with Crippen molar-refractivity contribution in [2.45, 2.75) is 38.4 Å². The monoisotopic (exact) mass is 467 g/mol. The van der Waals surface area contributed by atoms with Gasteiger partial charge in [0.25, 0.3) is 11.1 Å². The van der Waals surface area contributed by atoms with Crippen LogP contribution < -0.4 is 21.5 Å². The third-order valence-electron chi connectivity index (χ3n) is 5.09. The minimum atomic E-state index is -1.22. The molecule has 2 aromatic heterocycles. The Labute approximate surface area is 183 Å². The normalized spacial score (nSPS) is 14.2. The third kappa shape index (κ3) is 4.26. The molecule has 0 bridgehead atoms. The lowest BCUT2D eigenvalue weighted by Gasteiger charge is -2.13. The fraction of sp³-hybridized carbons (Fsp3) is 0.316. The van der Waals surface area contributed by atoms with E-state index in [2.05, 4.69) is 15.3 Å². The van der Waals surface area contributed by atoms with Gasteiger partial charge in [0, 0.05) is 17.2 Å². The first kappa shape index (κ1) is 21.3. The number of ether oxygens (including phenoxy) is 1. The molecule has 0 aliphatic heterocycles. The van der Waals surface area contributed by atoms with Crippen LogP contribution in [0.2, 0.25) is 10.0 Å². The van der Waals surface area contributed by atoms with Gasteiger partial charge in [-0.05, 0) is 30.9 Å². The highest BCUT2D eigenvalue weighted by molar-refractivity contribution is 6.37. The summed E-state index contributed by atoms with van der Waals surface area (Å²) in [4.78, 5) is 37.7. The van der Waals surface area contributed by atoms with E-state index >= 15 is 0 Å². The molecule has 12 heteroatoms. The van der Waals surface area contributed by atoms with Crippen molar-refractivity contribution in [1.82, 2.24) is 25.0 Å². The number of halogens is 3. The molecule has 1 aliphatic rings. The van der Waals surface area contributed by atoms with Crippen molar-refractivity contribution < 1.29 is 9.13 Å². The Hall–Kier alpha value is -2.98. The number of aromatic nitrogens is 5. The highest BCUT2D eigenvalue weighted by Gasteiger charge is 2.22. The van der Waals surface area contributed by atoms with Crippen LogP contribution in [-0.2, 0) is 6.80 Å². The zero-order valence-electron chi connectivity index (χ0n) is 16.0. The zero-order chi connectivity index (χ0) is 22.1. The number of aromatic amines is 2. The topological polar surface area (TPSA) is 123 Å². The van der Waals surface area contributed by atoms with Gasteiger partial charge in [0.1, 0.15) is 0 Å². The van der Waals surface area contributed by atoms with Gasteiger partial charge in [0.05, 0.1) is 10.0 Å². The first-order valence-electron chi connectivity index (χ1n) is 9.41. The van der Waals surface area contributed by atoms with Crippen LogP contribution >= 0.6 is 23.2 Å². The lowest BCUT2D eigenvalue weighted by Crippen LogP contribution is -2.32. The van der Waals surface area contributed by atoms with Crippen LogP contribution in [0.15, 0.2) is 32.6 Å². The first-order valence-corrected chi connectivity index (χ1v) is 10.2. The average Bonchev–Trinajstić information content (AvgIpc) is 3.26. The number of hydrogen-bond acceptors (Lipinski definition) is 6. The summed E-state index contributed by atoms with van der Waals surface area (Å²) in [6.07, 6.45) is 3.96. The molecule has 1 saturated carbocycles. The van der Waals surface area contributed by atoms with Gasteiger partial charge in [0.15, 0.2) is 18.2 Å². The van der Waals surface area contributed by atoms with Crippen LogP contribution in [0.3, 0.4) is 0 Å². The van der Waals surface area contributed by atoms with E-state index in [1.54, 1.807) is 6.07 Å². The second-order valence-electron chi connectivity index (χ2n) is 7.07. The molecule has 1 aromatic carbocycles. The molecular formula is C19H16Cl2FN5O4. The number of benzene rings is 1. The van der Waals surface area contributed by atoms with Crippen molar-refractivity contribution in [3.8, 4) is 22.9 Å². The Morgan fingerprint density at radius 3 is 2.42 bits per heavy atom. The number of H-pyrrole nitrogens is 2. The third-order valence-corrected chi connectivity index (χ3v) is 5.65. The van der Waals surface area contributed by atoms with E-state index in [1.807, 2.05) is 4.98 Å². The van der Waals surface area contributed by atoms with Crippen LogP contribution in [0, 0.1) is 0 Å². The second-order valence-corrected chi connectivity index (χ2v) is 7.88. The summed E-state index contributed by atoms with van der Waals surface area (Å²) in [7, 11) is 0. The molecule has 0 amide bonds. The maximum atomic E-state index is 12.9. The maximum Gasteiger partial charge on any atom is 0.347 e. The lowest BCUT2D eigenvalue weighted by atomic mass is 10.00. The molecule has 4 rings (SSSR count). The predicted molar refractivity (Wildman–Crippen MR) is 112 cm³/mol. The fourth-order valence-electron chi connectivity index (χ4n) is 3.59. The minimum Gasteiger partial charge on any atom is -0.434 e. The van der Waals surface area contributed by atoms with Gasteiger partial charge in [-0.1, -0.05) is 36.0 Å². The molecule has 31 heavy (non-hydrogen) atoms. The molecule has 2 heterocycles. The number of hydrogen-bond donors (Lipinski definition) is 2. The molecule has 0 saturated heterocycles. The summed E-state index contributed by atoms with van der Waals surface area (Å²) >= 11 is 12.6. The van der Waals surface area contributed by atoms with Gasteiger partial charge in [-0.25, -0.2) is 14.3 Å². The predicted octanol–water partition coefficient (Wildman–Crippen LogP) is 3.37. The lowest BCUT2D eigenvalue weighted by molar-refractivity contribution is 0.332. The summed E-state index contributed by atoms with van der Waals surface area (Å²) in [5, 5.41) is 10.1. The van der Waals surface area contributed by atoms with Crippen molar-refractivity contribution >= 4 is 23.2 Å². The molecule has 1 aliphatic carbocycles. The summed E-state index contributed by atoms with van der Waals surface area (Å²) in [6.45, 7) is -1.22. The van der Waals surface area contributed by atoms with E-state index in [-0.39, 0.29) is 44.4 Å². The summed E-state index contributed by atoms with van der Waals surface area (Å²) in [5.74, 6) is 0.311. The zero-order valence-corrected chi connectivity index (χ0v) is 17.5. The average molecular weight is 468 g/mol. The van der Waals surface area contributed by atoms with Crippen LogP contribution in [-0.4, -0.2) is 25.0 Å². The summed E-state index contributed by atoms with van der Waals surface area (Å²) in [5.41, 5.74) is -1.55. The molecule has 1 fully saturated rings. The Balaban J connectivity index is 1.69. The van der Waals surface area contributed by atoms with Crippen LogP contribution in [0.1, 0.15) is 37.2 Å². The van der Waals surface area contributed by atoms with Crippen molar-refractivity contribution in [2.24, 2.45) is 0 Å². The first-order chi connectivity index (χ1) is 14.9. The molecule has 0 unspecified atom stereocenters. The van der Waals surface area contributed by atoms with Gasteiger partial charge in [-0.15, -0.1) is 5.10 Å². The summed E-state index contributed by atoms with van der Waals surface area (Å²) in [6, 6.07) is 4.26. The van der Waals surface area contributed by atoms with Gasteiger partial charge in [-0.2, -0.15) is 9.78 Å². The van der Waals surface area contributed by atoms with Gasteiger partial charge < -0.3 is 4.74 Å². The van der Waals surface area contributed by atoms with Gasteiger partial charge >= 0.3 is 5.69 Å². The number of nitrogens with zero attached hydrogens (tertiary/aromatic N) is 3. The molecule has 0 radical (unpaired) electrons. The molecule has 3 aromatic rings. The molecular weight excluding hydrogens is 452 g/mol. The Kier molecular flexibility index (Phi) is 5.92. The minimum absolute atomic E-state index is 0.0251. The Bertz CT molecular complexity index is 1290. The quantitative estimate of drug-likeness (QED) is 0.592. The standard InChI is InChI=1S/C19H16Cl2FN5O4/c20-12-5-10(15-18(29)23-19(30)27(8-22)26-15)6-13(21)16(12)31-14-7-11(17(28)25-24-14)9-3-1-2-4-9/h5-7,9H,1-4,8H2,(H,25,28)(H,23,29,30). The highest BCUT2D eigenvalue weighted by Crippen LogP contribution is 2.39. The fourth-order valence-corrected chi connectivity index (χ4v) is 4.16. The summed E-state index contributed by atoms with van der Waals surface area (Å²) < 4.78 is 19.1. The largest absolute Gasteiger partial charge is 0.434 e. The van der Waals surface area contributed by atoms with Gasteiger partial charge in [-0.3, -0.25) is 14.6 Å². The van der Waals surface area contributed by atoms with Crippen molar-refractivity contribution in [1.29, 1.82) is 0 Å². The molecule has 0 atom stereocenters. The van der Waals surface area contributed by atoms with Crippen LogP contribution in [0.4, 0.5) is 4.39 Å². The SMILES string of the molecule is O=c1[nH]nc(Oc2c(Cl)cc(-c3nn(CF)c(=O)[nH]c3=O)cc2Cl)cc1C1CCCC1. The molecule has 2 N–H and O–H groups in total. The van der Waals surface area contributed by atoms with E-state index in [4.69, 9.17) is 27.9 Å². The van der Waals surface area contributed by atoms with Crippen molar-refractivity contribution in [3.63, 3.8) is 0 Å². The van der Waals surface area contributed by atoms with Crippen molar-refractivity contribution in [2.75, 3.05) is 0 Å². The van der Waals surface area contributed by atoms with Crippen molar-refractivity contribution in [3.05, 3.63) is 65.0 Å². The number of rotatable bonds is 5. The van der Waals surface area contributed by atoms with Crippen LogP contribution in [0.5, 0.6) is 11.6 Å². The smallest absolute Gasteiger partial charge is 0.347 e. The van der Waals surface area contributed by atoms with Gasteiger partial charge in [0.2, 0.25) is 5.88 Å². The molecule has 9 nitrogen and oxygen atoms in total. The highest BCUT2D eigenvalue weighted by atomic mass is 35.5. The number of nitrogens with one attached hydrogen (secondary N) is 2. The van der Waals surface area contributed by atoms with Crippen LogP contribution in [0.25, 0.3) is 11.3 Å². The Morgan fingerprint density at radius 1 is 1.10 bits per heavy atom.